The van der Waals surface area contributed by atoms with Crippen molar-refractivity contribution in [2.24, 2.45) is 0 Å². The highest BCUT2D eigenvalue weighted by atomic mass is 79.9. The van der Waals surface area contributed by atoms with Gasteiger partial charge < -0.3 is 10.4 Å². The molecule has 1 aromatic heterocycles. The largest absolute Gasteiger partial charge is 0.465 e. The predicted octanol–water partition coefficient (Wildman–Crippen LogP) is 1.65. The zero-order chi connectivity index (χ0) is 9.68. The number of pyridine rings is 1. The van der Waals surface area contributed by atoms with Crippen LogP contribution < -0.4 is 5.32 Å². The van der Waals surface area contributed by atoms with Gasteiger partial charge in [0, 0.05) is 18.7 Å². The third-order valence-electron chi connectivity index (χ3n) is 1.43. The maximum atomic E-state index is 10.1. The molecule has 0 aliphatic rings. The number of carboxylic acid groups (broad SMARTS) is 1. The highest BCUT2D eigenvalue weighted by molar-refractivity contribution is 9.10. The Morgan fingerprint density at radius 3 is 3.00 bits per heavy atom. The van der Waals surface area contributed by atoms with Crippen LogP contribution in [0.2, 0.25) is 0 Å². The molecule has 0 aliphatic heterocycles. The van der Waals surface area contributed by atoms with E-state index in [1.54, 1.807) is 0 Å². The molecule has 1 rings (SSSR count). The average Bonchev–Trinajstić information content (AvgIpc) is 2.03. The zero-order valence-corrected chi connectivity index (χ0v) is 8.41. The van der Waals surface area contributed by atoms with E-state index in [2.05, 4.69) is 26.2 Å². The quantitative estimate of drug-likeness (QED) is 0.796. The summed E-state index contributed by atoms with van der Waals surface area (Å²) in [5.41, 5.74) is 0.864. The fourth-order valence-corrected chi connectivity index (χ4v) is 1.27. The van der Waals surface area contributed by atoms with Crippen molar-refractivity contribution in [2.45, 2.75) is 6.42 Å². The van der Waals surface area contributed by atoms with Gasteiger partial charge in [0.2, 0.25) is 0 Å². The molecular formula is C8H9BrN2O2. The van der Waals surface area contributed by atoms with E-state index in [0.29, 0.717) is 13.0 Å². The van der Waals surface area contributed by atoms with E-state index >= 15 is 0 Å². The first-order valence-corrected chi connectivity index (χ1v) is 4.56. The molecular weight excluding hydrogens is 236 g/mol. The Hall–Kier alpha value is -1.10. The lowest BCUT2D eigenvalue weighted by Gasteiger charge is -2.00. The number of rotatable bonds is 3. The van der Waals surface area contributed by atoms with Gasteiger partial charge >= 0.3 is 6.09 Å². The van der Waals surface area contributed by atoms with Gasteiger partial charge in [-0.05, 0) is 28.1 Å². The van der Waals surface area contributed by atoms with Gasteiger partial charge in [-0.15, -0.1) is 0 Å². The Bertz CT molecular complexity index is 304. The predicted molar refractivity (Wildman–Crippen MR) is 51.7 cm³/mol. The Morgan fingerprint density at radius 1 is 1.62 bits per heavy atom. The molecule has 1 aromatic rings. The van der Waals surface area contributed by atoms with Crippen LogP contribution in [0.1, 0.15) is 5.69 Å². The van der Waals surface area contributed by atoms with Crippen LogP contribution in [0.3, 0.4) is 0 Å². The summed E-state index contributed by atoms with van der Waals surface area (Å²) in [5.74, 6) is 0. The van der Waals surface area contributed by atoms with Gasteiger partial charge in [0.1, 0.15) is 4.60 Å². The van der Waals surface area contributed by atoms with E-state index in [9.17, 15) is 4.79 Å². The molecule has 0 unspecified atom stereocenters. The van der Waals surface area contributed by atoms with Crippen molar-refractivity contribution in [1.82, 2.24) is 10.3 Å². The van der Waals surface area contributed by atoms with E-state index < -0.39 is 6.09 Å². The van der Waals surface area contributed by atoms with Crippen LogP contribution in [-0.4, -0.2) is 22.7 Å². The number of nitrogens with zero attached hydrogens (tertiary/aromatic N) is 1. The van der Waals surface area contributed by atoms with Gasteiger partial charge in [0.25, 0.3) is 0 Å². The van der Waals surface area contributed by atoms with Crippen molar-refractivity contribution in [3.05, 3.63) is 28.5 Å². The highest BCUT2D eigenvalue weighted by Gasteiger charge is 1.97. The number of hydrogen-bond acceptors (Lipinski definition) is 2. The second kappa shape index (κ2) is 4.81. The molecule has 5 heteroatoms. The van der Waals surface area contributed by atoms with Gasteiger partial charge in [0.15, 0.2) is 0 Å². The van der Waals surface area contributed by atoms with Gasteiger partial charge in [0.05, 0.1) is 0 Å². The summed E-state index contributed by atoms with van der Waals surface area (Å²) in [6, 6.07) is 5.55. The molecule has 0 spiro atoms. The molecule has 0 saturated heterocycles. The summed E-state index contributed by atoms with van der Waals surface area (Å²) >= 11 is 3.24. The lowest BCUT2D eigenvalue weighted by Crippen LogP contribution is -2.23. The monoisotopic (exact) mass is 244 g/mol. The minimum absolute atomic E-state index is 0.388. The third kappa shape index (κ3) is 3.89. The van der Waals surface area contributed by atoms with Gasteiger partial charge in [-0.25, -0.2) is 9.78 Å². The van der Waals surface area contributed by atoms with Crippen molar-refractivity contribution in [3.8, 4) is 0 Å². The Kier molecular flexibility index (Phi) is 3.70. The molecule has 0 atom stereocenters. The molecule has 1 heterocycles. The van der Waals surface area contributed by atoms with E-state index in [1.165, 1.54) is 0 Å². The molecule has 0 fully saturated rings. The van der Waals surface area contributed by atoms with Crippen molar-refractivity contribution in [1.29, 1.82) is 0 Å². The van der Waals surface area contributed by atoms with E-state index in [0.717, 1.165) is 10.3 Å². The molecule has 0 radical (unpaired) electrons. The summed E-state index contributed by atoms with van der Waals surface area (Å²) in [7, 11) is 0. The minimum atomic E-state index is -1.00. The smallest absolute Gasteiger partial charge is 0.404 e. The number of carbonyl (C=O) groups is 1. The molecule has 0 aromatic carbocycles. The molecule has 70 valence electrons. The van der Waals surface area contributed by atoms with Gasteiger partial charge in [-0.3, -0.25) is 0 Å². The van der Waals surface area contributed by atoms with Crippen LogP contribution in [0.4, 0.5) is 4.79 Å². The topological polar surface area (TPSA) is 62.2 Å². The van der Waals surface area contributed by atoms with Crippen molar-refractivity contribution >= 4 is 22.0 Å². The molecule has 0 saturated carbocycles. The maximum absolute atomic E-state index is 10.1. The summed E-state index contributed by atoms with van der Waals surface area (Å²) in [5, 5.41) is 10.6. The fraction of sp³-hybridized carbons (Fsp3) is 0.250. The molecule has 0 aliphatic carbocycles. The number of aromatic nitrogens is 1. The van der Waals surface area contributed by atoms with Crippen LogP contribution in [-0.2, 0) is 6.42 Å². The Morgan fingerprint density at radius 2 is 2.38 bits per heavy atom. The van der Waals surface area contributed by atoms with Crippen LogP contribution >= 0.6 is 15.9 Å². The first-order valence-electron chi connectivity index (χ1n) is 3.77. The third-order valence-corrected chi connectivity index (χ3v) is 1.87. The Labute approximate surface area is 84.1 Å². The highest BCUT2D eigenvalue weighted by Crippen LogP contribution is 2.06. The molecule has 0 bridgehead atoms. The summed E-state index contributed by atoms with van der Waals surface area (Å²) in [4.78, 5) is 14.3. The fourth-order valence-electron chi connectivity index (χ4n) is 0.887. The summed E-state index contributed by atoms with van der Waals surface area (Å²) in [6.07, 6.45) is -0.402. The molecule has 1 amide bonds. The van der Waals surface area contributed by atoms with Crippen LogP contribution in [0, 0.1) is 0 Å². The zero-order valence-electron chi connectivity index (χ0n) is 6.83. The Balaban J connectivity index is 2.41. The van der Waals surface area contributed by atoms with E-state index in [1.807, 2.05) is 18.2 Å². The minimum Gasteiger partial charge on any atom is -0.465 e. The molecule has 13 heavy (non-hydrogen) atoms. The summed E-state index contributed by atoms with van der Waals surface area (Å²) in [6.45, 7) is 0.388. The maximum Gasteiger partial charge on any atom is 0.404 e. The van der Waals surface area contributed by atoms with Crippen molar-refractivity contribution in [3.63, 3.8) is 0 Å². The number of hydrogen-bond donors (Lipinski definition) is 2. The molecule has 4 nitrogen and oxygen atoms in total. The van der Waals surface area contributed by atoms with Crippen LogP contribution in [0.25, 0.3) is 0 Å². The van der Waals surface area contributed by atoms with Gasteiger partial charge in [-0.2, -0.15) is 0 Å². The standard InChI is InChI=1S/C8H9BrN2O2/c9-7-3-1-2-6(11-7)4-5-10-8(12)13/h1-3,10H,4-5H2,(H,12,13). The second-order valence-electron chi connectivity index (χ2n) is 2.43. The van der Waals surface area contributed by atoms with Gasteiger partial charge in [-0.1, -0.05) is 6.07 Å². The lowest BCUT2D eigenvalue weighted by atomic mass is 10.3. The summed E-state index contributed by atoms with van der Waals surface area (Å²) < 4.78 is 0.764. The number of halogens is 1. The van der Waals surface area contributed by atoms with E-state index in [-0.39, 0.29) is 0 Å². The number of amides is 1. The van der Waals surface area contributed by atoms with Crippen LogP contribution in [0.15, 0.2) is 22.8 Å². The van der Waals surface area contributed by atoms with Crippen molar-refractivity contribution in [2.75, 3.05) is 6.54 Å². The number of nitrogens with one attached hydrogen (secondary N) is 1. The lowest BCUT2D eigenvalue weighted by molar-refractivity contribution is 0.194. The first kappa shape index (κ1) is 9.98. The van der Waals surface area contributed by atoms with Crippen molar-refractivity contribution < 1.29 is 9.90 Å². The second-order valence-corrected chi connectivity index (χ2v) is 3.25. The SMILES string of the molecule is O=C(O)NCCc1cccc(Br)n1. The first-order chi connectivity index (χ1) is 6.18. The van der Waals surface area contributed by atoms with E-state index in [4.69, 9.17) is 5.11 Å². The molecule has 2 N–H and O–H groups in total. The average molecular weight is 245 g/mol. The normalized spacial score (nSPS) is 9.62. The van der Waals surface area contributed by atoms with Crippen LogP contribution in [0.5, 0.6) is 0 Å².